The lowest BCUT2D eigenvalue weighted by molar-refractivity contribution is 0.432. The topological polar surface area (TPSA) is 90.5 Å². The first kappa shape index (κ1) is 11.4. The van der Waals surface area contributed by atoms with Crippen molar-refractivity contribution in [3.8, 4) is 22.8 Å². The molecule has 7 nitrogen and oxygen atoms in total. The molecule has 0 N–H and O–H groups in total. The van der Waals surface area contributed by atoms with E-state index in [1.165, 1.54) is 0 Å². The molecule has 0 fully saturated rings. The third kappa shape index (κ3) is 2.30. The van der Waals surface area contributed by atoms with Crippen molar-refractivity contribution in [2.24, 2.45) is 0 Å². The Morgan fingerprint density at radius 2 is 1.32 bits per heavy atom. The van der Waals surface area contributed by atoms with Gasteiger partial charge in [-0.1, -0.05) is 5.16 Å². The van der Waals surface area contributed by atoms with Gasteiger partial charge in [0.15, 0.2) is 0 Å². The molecule has 7 heteroatoms. The van der Waals surface area contributed by atoms with Gasteiger partial charge in [-0.3, -0.25) is 0 Å². The van der Waals surface area contributed by atoms with Crippen molar-refractivity contribution < 1.29 is 4.52 Å². The van der Waals surface area contributed by atoms with Crippen LogP contribution in [0.25, 0.3) is 22.8 Å². The zero-order valence-corrected chi connectivity index (χ0v) is 10.4. The molecule has 0 spiro atoms. The highest BCUT2D eigenvalue weighted by Crippen LogP contribution is 2.20. The molecule has 3 heterocycles. The molecule has 94 valence electrons. The van der Waals surface area contributed by atoms with Crippen molar-refractivity contribution in [3.63, 3.8) is 0 Å². The fourth-order valence-electron chi connectivity index (χ4n) is 1.47. The van der Waals surface area contributed by atoms with Crippen LogP contribution in [0.15, 0.2) is 29.3 Å². The molecule has 0 atom stereocenters. The van der Waals surface area contributed by atoms with Crippen molar-refractivity contribution in [1.29, 1.82) is 0 Å². The van der Waals surface area contributed by atoms with Crippen molar-refractivity contribution >= 4 is 0 Å². The number of nitrogens with zero attached hydrogens (tertiary/aromatic N) is 6. The van der Waals surface area contributed by atoms with E-state index >= 15 is 0 Å². The van der Waals surface area contributed by atoms with Crippen LogP contribution in [-0.4, -0.2) is 30.1 Å². The van der Waals surface area contributed by atoms with E-state index in [-0.39, 0.29) is 0 Å². The Kier molecular flexibility index (Phi) is 2.71. The molecule has 0 radical (unpaired) electrons. The van der Waals surface area contributed by atoms with Gasteiger partial charge in [0.2, 0.25) is 5.82 Å². The minimum Gasteiger partial charge on any atom is -0.333 e. The number of hydrogen-bond donors (Lipinski definition) is 0. The first-order valence-electron chi connectivity index (χ1n) is 5.64. The van der Waals surface area contributed by atoms with Crippen LogP contribution in [0.4, 0.5) is 0 Å². The molecule has 0 aliphatic rings. The zero-order chi connectivity index (χ0) is 13.2. The van der Waals surface area contributed by atoms with Gasteiger partial charge in [-0.05, 0) is 13.8 Å². The first-order valence-corrected chi connectivity index (χ1v) is 5.64. The third-order valence-corrected chi connectivity index (χ3v) is 2.49. The lowest BCUT2D eigenvalue weighted by atomic mass is 10.3. The molecule has 0 saturated heterocycles. The Hall–Kier alpha value is -2.70. The summed E-state index contributed by atoms with van der Waals surface area (Å²) >= 11 is 0. The number of rotatable bonds is 2. The van der Waals surface area contributed by atoms with Gasteiger partial charge in [-0.15, -0.1) is 0 Å². The highest BCUT2D eigenvalue weighted by molar-refractivity contribution is 5.56. The number of aryl methyl sites for hydroxylation is 2. The summed E-state index contributed by atoms with van der Waals surface area (Å²) in [6.45, 7) is 3.63. The van der Waals surface area contributed by atoms with Crippen LogP contribution in [-0.2, 0) is 0 Å². The Morgan fingerprint density at radius 1 is 0.789 bits per heavy atom. The molecule has 0 aromatic carbocycles. The largest absolute Gasteiger partial charge is 0.333 e. The van der Waals surface area contributed by atoms with Gasteiger partial charge < -0.3 is 4.52 Å². The second-order valence-corrected chi connectivity index (χ2v) is 3.96. The van der Waals surface area contributed by atoms with Gasteiger partial charge in [0.05, 0.1) is 11.1 Å². The minimum atomic E-state index is 0.371. The standard InChI is InChI=1S/C12H10N6O/c1-7-13-3-9(4-14-7)11-17-12(19-18-11)10-5-15-8(2)16-6-10/h3-6H,1-2H3. The maximum Gasteiger partial charge on any atom is 0.261 e. The summed E-state index contributed by atoms with van der Waals surface area (Å²) < 4.78 is 5.18. The van der Waals surface area contributed by atoms with Crippen molar-refractivity contribution in [2.45, 2.75) is 13.8 Å². The maximum atomic E-state index is 5.18. The molecule has 3 rings (SSSR count). The molecule has 0 aliphatic heterocycles. The second kappa shape index (κ2) is 4.52. The molecule has 19 heavy (non-hydrogen) atoms. The summed E-state index contributed by atoms with van der Waals surface area (Å²) in [7, 11) is 0. The molecule has 0 bridgehead atoms. The fourth-order valence-corrected chi connectivity index (χ4v) is 1.47. The number of aromatic nitrogens is 6. The van der Waals surface area contributed by atoms with Crippen LogP contribution < -0.4 is 0 Å². The zero-order valence-electron chi connectivity index (χ0n) is 10.4. The van der Waals surface area contributed by atoms with Gasteiger partial charge in [0.1, 0.15) is 11.6 Å². The molecule has 0 unspecified atom stereocenters. The quantitative estimate of drug-likeness (QED) is 0.685. The van der Waals surface area contributed by atoms with E-state index in [0.29, 0.717) is 34.5 Å². The van der Waals surface area contributed by atoms with Gasteiger partial charge >= 0.3 is 0 Å². The van der Waals surface area contributed by atoms with Gasteiger partial charge in [-0.2, -0.15) is 4.98 Å². The Balaban J connectivity index is 1.95. The lowest BCUT2D eigenvalue weighted by Crippen LogP contribution is -1.89. The highest BCUT2D eigenvalue weighted by Gasteiger charge is 2.11. The molecule has 0 saturated carbocycles. The molecular weight excluding hydrogens is 244 g/mol. The normalized spacial score (nSPS) is 10.6. The van der Waals surface area contributed by atoms with Crippen LogP contribution in [0.1, 0.15) is 11.6 Å². The van der Waals surface area contributed by atoms with Crippen LogP contribution in [0, 0.1) is 13.8 Å². The molecule has 0 amide bonds. The first-order chi connectivity index (χ1) is 9.22. The number of hydrogen-bond acceptors (Lipinski definition) is 7. The van der Waals surface area contributed by atoms with Crippen LogP contribution in [0.3, 0.4) is 0 Å². The predicted molar refractivity (Wildman–Crippen MR) is 65.8 cm³/mol. The smallest absolute Gasteiger partial charge is 0.261 e. The average Bonchev–Trinajstić information content (AvgIpc) is 2.90. The SMILES string of the molecule is Cc1ncc(-c2noc(-c3cnc(C)nc3)n2)cn1. The average molecular weight is 254 g/mol. The summed E-state index contributed by atoms with van der Waals surface area (Å²) in [6, 6.07) is 0. The van der Waals surface area contributed by atoms with Crippen LogP contribution in [0.5, 0.6) is 0 Å². The van der Waals surface area contributed by atoms with Crippen molar-refractivity contribution in [1.82, 2.24) is 30.1 Å². The fraction of sp³-hybridized carbons (Fsp3) is 0.167. The van der Waals surface area contributed by atoms with E-state index in [2.05, 4.69) is 30.1 Å². The predicted octanol–water partition coefficient (Wildman–Crippen LogP) is 1.60. The van der Waals surface area contributed by atoms with E-state index in [9.17, 15) is 0 Å². The summed E-state index contributed by atoms with van der Waals surface area (Å²) in [4.78, 5) is 20.6. The van der Waals surface area contributed by atoms with E-state index in [1.807, 2.05) is 13.8 Å². The van der Waals surface area contributed by atoms with Crippen molar-refractivity contribution in [3.05, 3.63) is 36.4 Å². The van der Waals surface area contributed by atoms with E-state index in [1.54, 1.807) is 24.8 Å². The molecule has 0 aliphatic carbocycles. The van der Waals surface area contributed by atoms with E-state index in [4.69, 9.17) is 4.52 Å². The lowest BCUT2D eigenvalue weighted by Gasteiger charge is -1.94. The molecule has 3 aromatic rings. The third-order valence-electron chi connectivity index (χ3n) is 2.49. The van der Waals surface area contributed by atoms with E-state index in [0.717, 1.165) is 0 Å². The molecule has 3 aromatic heterocycles. The Labute approximate surface area is 108 Å². The summed E-state index contributed by atoms with van der Waals surface area (Å²) in [5, 5.41) is 3.89. The monoisotopic (exact) mass is 254 g/mol. The Bertz CT molecular complexity index is 629. The van der Waals surface area contributed by atoms with Crippen molar-refractivity contribution in [2.75, 3.05) is 0 Å². The van der Waals surface area contributed by atoms with E-state index < -0.39 is 0 Å². The second-order valence-electron chi connectivity index (χ2n) is 3.96. The molecular formula is C12H10N6O. The van der Waals surface area contributed by atoms with Crippen LogP contribution >= 0.6 is 0 Å². The van der Waals surface area contributed by atoms with Gasteiger partial charge in [-0.25, -0.2) is 19.9 Å². The van der Waals surface area contributed by atoms with Gasteiger partial charge in [0, 0.05) is 24.8 Å². The summed E-state index contributed by atoms with van der Waals surface area (Å²) in [6.07, 6.45) is 6.60. The summed E-state index contributed by atoms with van der Waals surface area (Å²) in [5.74, 6) is 2.20. The Morgan fingerprint density at radius 3 is 1.89 bits per heavy atom. The van der Waals surface area contributed by atoms with Gasteiger partial charge in [0.25, 0.3) is 5.89 Å². The maximum absolute atomic E-state index is 5.18. The summed E-state index contributed by atoms with van der Waals surface area (Å²) in [5.41, 5.74) is 1.38. The highest BCUT2D eigenvalue weighted by atomic mass is 16.5. The minimum absolute atomic E-state index is 0.371. The van der Waals surface area contributed by atoms with Crippen LogP contribution in [0.2, 0.25) is 0 Å².